The van der Waals surface area contributed by atoms with Crippen LogP contribution in [0, 0.1) is 0 Å². The zero-order valence-electron chi connectivity index (χ0n) is 24.0. The molecule has 8 heteroatoms. The van der Waals surface area contributed by atoms with Crippen molar-refractivity contribution in [2.75, 3.05) is 0 Å². The summed E-state index contributed by atoms with van der Waals surface area (Å²) in [4.78, 5) is 35.5. The van der Waals surface area contributed by atoms with Crippen molar-refractivity contribution in [2.45, 2.75) is 110 Å². The number of carboxylic acids is 2. The van der Waals surface area contributed by atoms with E-state index >= 15 is 0 Å². The summed E-state index contributed by atoms with van der Waals surface area (Å²) in [5.74, 6) is -2.45. The van der Waals surface area contributed by atoms with Crippen molar-refractivity contribution < 1.29 is 24.2 Å². The quantitative estimate of drug-likeness (QED) is 0.119. The van der Waals surface area contributed by atoms with E-state index in [1.165, 1.54) is 50.5 Å². The second-order valence-electron chi connectivity index (χ2n) is 10.8. The molecule has 0 bridgehead atoms. The molecule has 1 atom stereocenters. The van der Waals surface area contributed by atoms with Gasteiger partial charge in [0.25, 0.3) is 0 Å². The Labute approximate surface area is 294 Å². The van der Waals surface area contributed by atoms with Crippen LogP contribution in [0.25, 0.3) is 11.0 Å². The first-order valence-corrected chi connectivity index (χ1v) is 15.0. The average molecular weight is 597 g/mol. The maximum absolute atomic E-state index is 12.7. The Morgan fingerprint density at radius 1 is 0.786 bits per heavy atom. The van der Waals surface area contributed by atoms with E-state index in [9.17, 15) is 19.5 Å². The van der Waals surface area contributed by atoms with E-state index in [2.05, 4.69) is 31.2 Å². The number of carbonyl (C=O) groups is 2. The first kappa shape index (κ1) is 38.6. The monoisotopic (exact) mass is 596 g/mol. The van der Waals surface area contributed by atoms with Gasteiger partial charge in [0.2, 0.25) is 5.76 Å². The molecule has 6 nitrogen and oxygen atoms in total. The number of aromatic carboxylic acids is 1. The minimum absolute atomic E-state index is 0. The maximum atomic E-state index is 12.7. The third-order valence-corrected chi connectivity index (χ3v) is 7.71. The number of aliphatic carboxylic acids is 1. The summed E-state index contributed by atoms with van der Waals surface area (Å²) in [6.45, 7) is 4.28. The fourth-order valence-electron chi connectivity index (χ4n) is 5.56. The molecule has 2 aromatic carbocycles. The first-order chi connectivity index (χ1) is 19.3. The predicted molar refractivity (Wildman–Crippen MR) is 174 cm³/mol. The van der Waals surface area contributed by atoms with Crippen LogP contribution in [0.1, 0.15) is 130 Å². The van der Waals surface area contributed by atoms with Gasteiger partial charge in [-0.05, 0) is 60.4 Å². The number of fused-ring (bicyclic) bond motifs is 1. The number of hydrogen-bond donors (Lipinski definition) is 2. The Morgan fingerprint density at radius 3 is 2.07 bits per heavy atom. The van der Waals surface area contributed by atoms with E-state index in [0.29, 0.717) is 23.8 Å². The van der Waals surface area contributed by atoms with Gasteiger partial charge in [0, 0.05) is 18.4 Å². The van der Waals surface area contributed by atoms with Crippen LogP contribution in [0.4, 0.5) is 0 Å². The zero-order valence-corrected chi connectivity index (χ0v) is 24.0. The predicted octanol–water partition coefficient (Wildman–Crippen LogP) is 7.22. The Balaban J connectivity index is 0.00000441. The Morgan fingerprint density at radius 2 is 1.45 bits per heavy atom. The molecule has 1 aromatic heterocycles. The van der Waals surface area contributed by atoms with Crippen molar-refractivity contribution in [3.63, 3.8) is 0 Å². The van der Waals surface area contributed by atoms with Crippen molar-refractivity contribution in [1.29, 1.82) is 0 Å². The number of unbranched alkanes of at least 4 members (excludes halogenated alkanes) is 7. The Bertz CT molecular complexity index is 1320. The molecule has 0 saturated heterocycles. The standard InChI is InChI=1S/C34H44O6.2Na.2H/c1-3-5-6-7-8-9-10-14-24-17-19-25(20-18-24)26(15-11-12-16-32(36)37)27-21-22-29-30(35)23-31(34(38)39)40-33(29)28(27)13-4-2;;;;/h17-23,26H,3-16H2,1-2H3,(H,36,37)(H,38,39);;;;. The van der Waals surface area contributed by atoms with E-state index in [0.717, 1.165) is 48.4 Å². The van der Waals surface area contributed by atoms with Crippen molar-refractivity contribution in [3.05, 3.63) is 80.7 Å². The molecule has 0 aliphatic heterocycles. The van der Waals surface area contributed by atoms with Gasteiger partial charge in [-0.1, -0.05) is 95.5 Å². The van der Waals surface area contributed by atoms with E-state index in [1.807, 2.05) is 13.0 Å². The van der Waals surface area contributed by atoms with Gasteiger partial charge in [0.15, 0.2) is 5.43 Å². The topological polar surface area (TPSA) is 105 Å². The van der Waals surface area contributed by atoms with Crippen LogP contribution in [-0.2, 0) is 17.6 Å². The summed E-state index contributed by atoms with van der Waals surface area (Å²) in [5.41, 5.74) is 4.29. The molecule has 1 heterocycles. The summed E-state index contributed by atoms with van der Waals surface area (Å²) < 4.78 is 5.80. The number of aryl methyl sites for hydroxylation is 2. The molecule has 0 saturated carbocycles. The van der Waals surface area contributed by atoms with Gasteiger partial charge in [0.1, 0.15) is 5.58 Å². The van der Waals surface area contributed by atoms with E-state index < -0.39 is 11.9 Å². The average Bonchev–Trinajstić information content (AvgIpc) is 2.93. The second kappa shape index (κ2) is 20.5. The van der Waals surface area contributed by atoms with Gasteiger partial charge in [-0.3, -0.25) is 9.59 Å². The molecule has 1 unspecified atom stereocenters. The van der Waals surface area contributed by atoms with Crippen LogP contribution in [-0.4, -0.2) is 81.3 Å². The van der Waals surface area contributed by atoms with Gasteiger partial charge in [-0.15, -0.1) is 0 Å². The normalized spacial score (nSPS) is 11.5. The number of benzene rings is 2. The third kappa shape index (κ3) is 11.6. The summed E-state index contributed by atoms with van der Waals surface area (Å²) in [6.07, 6.45) is 13.6. The fourth-order valence-corrected chi connectivity index (χ4v) is 5.56. The number of rotatable bonds is 18. The van der Waals surface area contributed by atoms with Crippen molar-refractivity contribution in [1.82, 2.24) is 0 Å². The molecule has 0 fully saturated rings. The molecule has 0 amide bonds. The Hall–Kier alpha value is -1.41. The van der Waals surface area contributed by atoms with E-state index in [4.69, 9.17) is 9.52 Å². The van der Waals surface area contributed by atoms with Crippen molar-refractivity contribution >= 4 is 82.0 Å². The summed E-state index contributed by atoms with van der Waals surface area (Å²) in [7, 11) is 0. The van der Waals surface area contributed by atoms with Crippen LogP contribution < -0.4 is 5.43 Å². The van der Waals surface area contributed by atoms with Gasteiger partial charge in [0.05, 0.1) is 5.39 Å². The summed E-state index contributed by atoms with van der Waals surface area (Å²) in [6, 6.07) is 13.5. The van der Waals surface area contributed by atoms with Gasteiger partial charge >= 0.3 is 71.1 Å². The molecule has 220 valence electrons. The fraction of sp³-hybridized carbons (Fsp3) is 0.500. The van der Waals surface area contributed by atoms with Crippen LogP contribution in [0.5, 0.6) is 0 Å². The second-order valence-corrected chi connectivity index (χ2v) is 10.8. The molecule has 0 aliphatic carbocycles. The number of hydrogen-bond acceptors (Lipinski definition) is 4. The van der Waals surface area contributed by atoms with Gasteiger partial charge in [-0.2, -0.15) is 0 Å². The van der Waals surface area contributed by atoms with Crippen LogP contribution in [0.2, 0.25) is 0 Å². The molecule has 0 radical (unpaired) electrons. The van der Waals surface area contributed by atoms with E-state index in [1.54, 1.807) is 6.07 Å². The third-order valence-electron chi connectivity index (χ3n) is 7.71. The zero-order chi connectivity index (χ0) is 28.9. The molecule has 3 aromatic rings. The van der Waals surface area contributed by atoms with Crippen molar-refractivity contribution in [2.24, 2.45) is 0 Å². The molecular formula is C34H46Na2O6. The Kier molecular flexibility index (Phi) is 18.9. The van der Waals surface area contributed by atoms with Crippen molar-refractivity contribution in [3.8, 4) is 0 Å². The summed E-state index contributed by atoms with van der Waals surface area (Å²) >= 11 is 0. The minimum atomic E-state index is -1.27. The first-order valence-electron chi connectivity index (χ1n) is 15.0. The van der Waals surface area contributed by atoms with Gasteiger partial charge in [-0.25, -0.2) is 4.79 Å². The molecule has 0 aliphatic rings. The SMILES string of the molecule is CCCCCCCCCc1ccc(C(CCCCC(=O)O)c2ccc3c(=O)cc(C(=O)O)oc3c2CCC)cc1.[NaH].[NaH]. The molecule has 0 spiro atoms. The van der Waals surface area contributed by atoms with Crippen LogP contribution in [0.3, 0.4) is 0 Å². The summed E-state index contributed by atoms with van der Waals surface area (Å²) in [5, 5.41) is 19.0. The number of carboxylic acid groups (broad SMARTS) is 2. The molecule has 2 N–H and O–H groups in total. The van der Waals surface area contributed by atoms with E-state index in [-0.39, 0.29) is 82.6 Å². The van der Waals surface area contributed by atoms with Crippen LogP contribution >= 0.6 is 0 Å². The van der Waals surface area contributed by atoms with Gasteiger partial charge < -0.3 is 14.6 Å². The molecular weight excluding hydrogens is 550 g/mol. The molecule has 3 rings (SSSR count). The molecule has 42 heavy (non-hydrogen) atoms. The van der Waals surface area contributed by atoms with Crippen LogP contribution in [0.15, 0.2) is 51.7 Å².